The summed E-state index contributed by atoms with van der Waals surface area (Å²) >= 11 is 1.71. The molecule has 66 valence electrons. The van der Waals surface area contributed by atoms with Gasteiger partial charge in [0.1, 0.15) is 0 Å². The molecule has 0 bridgehead atoms. The van der Waals surface area contributed by atoms with E-state index >= 15 is 0 Å². The second-order valence-corrected chi connectivity index (χ2v) is 4.21. The molecule has 0 aliphatic rings. The van der Waals surface area contributed by atoms with Gasteiger partial charge in [-0.3, -0.25) is 0 Å². The van der Waals surface area contributed by atoms with Gasteiger partial charge in [-0.2, -0.15) is 0 Å². The largest absolute Gasteiger partial charge is 0.398 e. The molecule has 0 radical (unpaired) electrons. The van der Waals surface area contributed by atoms with Crippen LogP contribution in [0.15, 0.2) is 17.5 Å². The number of anilines is 1. The van der Waals surface area contributed by atoms with E-state index in [1.165, 1.54) is 10.5 Å². The number of thiophene rings is 1. The maximum Gasteiger partial charge on any atom is 0.0525 e. The van der Waals surface area contributed by atoms with E-state index in [-0.39, 0.29) is 0 Å². The minimum Gasteiger partial charge on any atom is -0.398 e. The molecule has 0 atom stereocenters. The van der Waals surface area contributed by atoms with Gasteiger partial charge in [-0.15, -0.1) is 11.3 Å². The first-order chi connectivity index (χ1) is 5.61. The maximum absolute atomic E-state index is 5.79. The third-order valence-electron chi connectivity index (χ3n) is 1.64. The van der Waals surface area contributed by atoms with E-state index in [1.54, 1.807) is 11.3 Å². The monoisotopic (exact) mass is 181 g/mol. The Bertz CT molecular complexity index is 284. The molecule has 1 aromatic heterocycles. The highest BCUT2D eigenvalue weighted by Crippen LogP contribution is 2.27. The Balaban J connectivity index is 2.92. The van der Waals surface area contributed by atoms with Gasteiger partial charge in [-0.25, -0.2) is 0 Å². The molecule has 1 rings (SSSR count). The van der Waals surface area contributed by atoms with Crippen LogP contribution in [0.25, 0.3) is 5.57 Å². The van der Waals surface area contributed by atoms with Gasteiger partial charge in [0.25, 0.3) is 0 Å². The Labute approximate surface area is 77.9 Å². The van der Waals surface area contributed by atoms with Crippen molar-refractivity contribution in [1.29, 1.82) is 0 Å². The van der Waals surface area contributed by atoms with Gasteiger partial charge in [0.15, 0.2) is 0 Å². The van der Waals surface area contributed by atoms with E-state index in [9.17, 15) is 0 Å². The molecule has 1 heterocycles. The summed E-state index contributed by atoms with van der Waals surface area (Å²) in [6.45, 7) is 6.46. The summed E-state index contributed by atoms with van der Waals surface area (Å²) in [6.07, 6.45) is 2.24. The van der Waals surface area contributed by atoms with Crippen LogP contribution in [0, 0.1) is 5.92 Å². The lowest BCUT2D eigenvalue weighted by molar-refractivity contribution is 0.833. The molecular formula is C10H15NS. The van der Waals surface area contributed by atoms with E-state index in [2.05, 4.69) is 26.8 Å². The summed E-state index contributed by atoms with van der Waals surface area (Å²) in [5, 5.41) is 2.03. The van der Waals surface area contributed by atoms with E-state index in [0.717, 1.165) is 5.69 Å². The van der Waals surface area contributed by atoms with Crippen molar-refractivity contribution in [2.75, 3.05) is 5.73 Å². The van der Waals surface area contributed by atoms with Crippen molar-refractivity contribution in [1.82, 2.24) is 0 Å². The summed E-state index contributed by atoms with van der Waals surface area (Å²) in [5.74, 6) is 0.589. The minimum atomic E-state index is 0.589. The molecular weight excluding hydrogens is 166 g/mol. The van der Waals surface area contributed by atoms with Crippen LogP contribution < -0.4 is 5.73 Å². The number of nitrogen functional groups attached to an aromatic ring is 1. The average Bonchev–Trinajstić information content (AvgIpc) is 2.33. The maximum atomic E-state index is 5.79. The number of hydrogen-bond acceptors (Lipinski definition) is 2. The van der Waals surface area contributed by atoms with Crippen molar-refractivity contribution in [3.63, 3.8) is 0 Å². The molecule has 0 amide bonds. The Morgan fingerprint density at radius 1 is 1.58 bits per heavy atom. The molecule has 1 aromatic rings. The number of rotatable bonds is 2. The third-order valence-corrected chi connectivity index (χ3v) is 2.70. The van der Waals surface area contributed by atoms with Crippen molar-refractivity contribution in [3.05, 3.63) is 22.4 Å². The highest BCUT2D eigenvalue weighted by atomic mass is 32.1. The fourth-order valence-electron chi connectivity index (χ4n) is 1.22. The smallest absolute Gasteiger partial charge is 0.0525 e. The quantitative estimate of drug-likeness (QED) is 0.743. The normalized spacial score (nSPS) is 12.5. The SMILES string of the molecule is C/C(=C/C(C)C)c1sccc1N. The van der Waals surface area contributed by atoms with Gasteiger partial charge in [-0.1, -0.05) is 19.9 Å². The van der Waals surface area contributed by atoms with Gasteiger partial charge in [0, 0.05) is 5.69 Å². The molecule has 0 saturated carbocycles. The number of hydrogen-bond donors (Lipinski definition) is 1. The fourth-order valence-corrected chi connectivity index (χ4v) is 2.02. The van der Waals surface area contributed by atoms with Crippen LogP contribution in [-0.2, 0) is 0 Å². The highest BCUT2D eigenvalue weighted by molar-refractivity contribution is 7.11. The zero-order valence-corrected chi connectivity index (χ0v) is 8.61. The van der Waals surface area contributed by atoms with Crippen LogP contribution in [0.3, 0.4) is 0 Å². The van der Waals surface area contributed by atoms with Gasteiger partial charge < -0.3 is 5.73 Å². The zero-order valence-electron chi connectivity index (χ0n) is 7.79. The van der Waals surface area contributed by atoms with Crippen LogP contribution in [0.2, 0.25) is 0 Å². The van der Waals surface area contributed by atoms with Gasteiger partial charge in [-0.05, 0) is 29.9 Å². The fraction of sp³-hybridized carbons (Fsp3) is 0.400. The standard InChI is InChI=1S/C10H15NS/c1-7(2)6-8(3)10-9(11)4-5-12-10/h4-7H,11H2,1-3H3/b8-6-. The van der Waals surface area contributed by atoms with Gasteiger partial charge in [0.2, 0.25) is 0 Å². The summed E-state index contributed by atoms with van der Waals surface area (Å²) in [7, 11) is 0. The van der Waals surface area contributed by atoms with Crippen molar-refractivity contribution in [3.8, 4) is 0 Å². The van der Waals surface area contributed by atoms with E-state index in [0.29, 0.717) is 5.92 Å². The predicted molar refractivity (Wildman–Crippen MR) is 57.2 cm³/mol. The Morgan fingerprint density at radius 3 is 2.67 bits per heavy atom. The van der Waals surface area contributed by atoms with Crippen molar-refractivity contribution < 1.29 is 0 Å². The molecule has 0 unspecified atom stereocenters. The van der Waals surface area contributed by atoms with E-state index in [4.69, 9.17) is 5.73 Å². The lowest BCUT2D eigenvalue weighted by atomic mass is 10.1. The zero-order chi connectivity index (χ0) is 9.14. The summed E-state index contributed by atoms with van der Waals surface area (Å²) < 4.78 is 0. The number of allylic oxidation sites excluding steroid dienone is 2. The highest BCUT2D eigenvalue weighted by Gasteiger charge is 2.02. The van der Waals surface area contributed by atoms with Gasteiger partial charge in [0.05, 0.1) is 4.88 Å². The molecule has 0 aliphatic carbocycles. The molecule has 0 spiro atoms. The molecule has 12 heavy (non-hydrogen) atoms. The van der Waals surface area contributed by atoms with E-state index < -0.39 is 0 Å². The van der Waals surface area contributed by atoms with Crippen LogP contribution in [0.5, 0.6) is 0 Å². The first-order valence-corrected chi connectivity index (χ1v) is 5.01. The molecule has 0 aromatic carbocycles. The Morgan fingerprint density at radius 2 is 2.25 bits per heavy atom. The Hall–Kier alpha value is -0.760. The van der Waals surface area contributed by atoms with Crippen molar-refractivity contribution in [2.45, 2.75) is 20.8 Å². The second-order valence-electron chi connectivity index (χ2n) is 3.30. The molecule has 1 nitrogen and oxygen atoms in total. The summed E-state index contributed by atoms with van der Waals surface area (Å²) in [5.41, 5.74) is 7.97. The first kappa shape index (κ1) is 9.33. The number of nitrogens with two attached hydrogens (primary N) is 1. The molecule has 0 fully saturated rings. The van der Waals surface area contributed by atoms with Crippen molar-refractivity contribution >= 4 is 22.6 Å². The lowest BCUT2D eigenvalue weighted by Crippen LogP contribution is -1.87. The third kappa shape index (κ3) is 2.11. The summed E-state index contributed by atoms with van der Waals surface area (Å²) in [4.78, 5) is 1.21. The molecule has 2 N–H and O–H groups in total. The minimum absolute atomic E-state index is 0.589. The molecule has 0 saturated heterocycles. The Kier molecular flexibility index (Phi) is 2.93. The van der Waals surface area contributed by atoms with E-state index in [1.807, 2.05) is 11.4 Å². The topological polar surface area (TPSA) is 26.0 Å². The van der Waals surface area contributed by atoms with Crippen LogP contribution >= 0.6 is 11.3 Å². The average molecular weight is 181 g/mol. The van der Waals surface area contributed by atoms with Crippen LogP contribution in [-0.4, -0.2) is 0 Å². The predicted octanol–water partition coefficient (Wildman–Crippen LogP) is 3.39. The lowest BCUT2D eigenvalue weighted by Gasteiger charge is -2.01. The second kappa shape index (κ2) is 3.76. The first-order valence-electron chi connectivity index (χ1n) is 4.13. The van der Waals surface area contributed by atoms with Gasteiger partial charge >= 0.3 is 0 Å². The molecule has 0 aliphatic heterocycles. The van der Waals surface area contributed by atoms with Crippen molar-refractivity contribution in [2.24, 2.45) is 5.92 Å². The van der Waals surface area contributed by atoms with Crippen LogP contribution in [0.4, 0.5) is 5.69 Å². The van der Waals surface area contributed by atoms with Crippen LogP contribution in [0.1, 0.15) is 25.6 Å². The summed E-state index contributed by atoms with van der Waals surface area (Å²) in [6, 6.07) is 1.96. The molecule has 2 heteroatoms.